The molecular weight excluding hydrogens is 1810 g/mol. The number of aliphatic hydroxyl groups excluding tert-OH is 1. The molecule has 3 aromatic carbocycles. The van der Waals surface area contributed by atoms with Crippen LogP contribution in [0.25, 0.3) is 10.9 Å². The number of benzene rings is 3. The molecule has 0 saturated carbocycles. The molecule has 12 atom stereocenters. The van der Waals surface area contributed by atoms with Gasteiger partial charge in [0.25, 0.3) is 0 Å². The van der Waals surface area contributed by atoms with Crippen LogP contribution in [-0.2, 0) is 96.5 Å². The number of Topliss-reactive ketones (excluding diaryl/α,β-unsaturated/α-hetero) is 4. The first-order chi connectivity index (χ1) is 64.9. The molecule has 4 aromatic heterocycles. The molecular formula is C105H157N13O17S3. The third-order valence-electron chi connectivity index (χ3n) is 23.8. The van der Waals surface area contributed by atoms with Crippen molar-refractivity contribution in [2.45, 2.75) is 222 Å². The number of thiophene rings is 1. The first-order valence-corrected chi connectivity index (χ1v) is 50.7. The number of carbonyl (C=O) groups excluding carboxylic acids is 13. The highest BCUT2D eigenvalue weighted by atomic mass is 32.2. The molecule has 0 aliphatic heterocycles. The summed E-state index contributed by atoms with van der Waals surface area (Å²) in [6.45, 7) is 33.1. The zero-order valence-corrected chi connectivity index (χ0v) is 88.4. The number of hydrogen-bond donors (Lipinski definition) is 11. The maximum absolute atomic E-state index is 13.6. The number of para-hydroxylation sites is 1. The van der Waals surface area contributed by atoms with Crippen LogP contribution in [0.5, 0.6) is 0 Å². The molecule has 0 saturated heterocycles. The number of likely N-dealkylation sites (N-methyl/N-ethyl adjacent to an activating group) is 3. The van der Waals surface area contributed by atoms with Crippen LogP contribution in [0.3, 0.4) is 0 Å². The minimum atomic E-state index is -3.87. The highest BCUT2D eigenvalue weighted by molar-refractivity contribution is 8.01. The van der Waals surface area contributed by atoms with Gasteiger partial charge in [-0.2, -0.15) is 4.31 Å². The number of aryl methyl sites for hydroxylation is 1. The third kappa shape index (κ3) is 41.0. The fourth-order valence-corrected chi connectivity index (χ4v) is 19.9. The maximum Gasteiger partial charge on any atom is 0.249 e. The topological polar surface area (TPSA) is 439 Å². The number of nitrogens with one attached hydrogen (secondary N) is 10. The summed E-state index contributed by atoms with van der Waals surface area (Å²) < 4.78 is 34.4. The molecule has 9 amide bonds. The van der Waals surface area contributed by atoms with E-state index in [4.69, 9.17) is 4.74 Å². The number of rotatable bonds is 48. The van der Waals surface area contributed by atoms with Crippen LogP contribution in [0.15, 0.2) is 161 Å². The molecule has 0 unspecified atom stereocenters. The highest BCUT2D eigenvalue weighted by Crippen LogP contribution is 2.38. The fourth-order valence-electron chi connectivity index (χ4n) is 16.2. The lowest BCUT2D eigenvalue weighted by Crippen LogP contribution is -2.51. The number of fused-ring (bicyclic) bond motifs is 1. The van der Waals surface area contributed by atoms with E-state index in [-0.39, 0.29) is 144 Å². The summed E-state index contributed by atoms with van der Waals surface area (Å²) in [7, 11) is 9.92. The van der Waals surface area contributed by atoms with Crippen molar-refractivity contribution in [1.82, 2.24) is 61.8 Å². The van der Waals surface area contributed by atoms with Gasteiger partial charge in [0, 0.05) is 173 Å². The molecule has 7 rings (SSSR count). The number of hydrogen-bond acceptors (Lipinski definition) is 21. The number of ketones is 4. The third-order valence-corrected chi connectivity index (χ3v) is 27.9. The Morgan fingerprint density at radius 3 is 1.47 bits per heavy atom. The molecule has 0 aliphatic carbocycles. The van der Waals surface area contributed by atoms with E-state index >= 15 is 0 Å². The van der Waals surface area contributed by atoms with Crippen LogP contribution < -0.4 is 47.9 Å². The monoisotopic (exact) mass is 1970 g/mol. The van der Waals surface area contributed by atoms with Gasteiger partial charge in [0.1, 0.15) is 47.2 Å². The number of H-pyrrole nitrogens is 1. The molecule has 11 N–H and O–H groups in total. The number of aromatic amines is 1. The summed E-state index contributed by atoms with van der Waals surface area (Å²) in [5.74, 6) is -5.68. The Bertz CT molecular complexity index is 5060. The van der Waals surface area contributed by atoms with Gasteiger partial charge in [-0.25, -0.2) is 13.4 Å². The predicted molar refractivity (Wildman–Crippen MR) is 547 cm³/mol. The van der Waals surface area contributed by atoms with Crippen molar-refractivity contribution in [3.05, 3.63) is 174 Å². The summed E-state index contributed by atoms with van der Waals surface area (Å²) in [5, 5.41) is 36.9. The highest BCUT2D eigenvalue weighted by Gasteiger charge is 2.44. The minimum Gasteiger partial charge on any atom is -0.383 e. The van der Waals surface area contributed by atoms with E-state index in [9.17, 15) is 75.9 Å². The Labute approximate surface area is 827 Å². The van der Waals surface area contributed by atoms with Gasteiger partial charge in [0.15, 0.2) is 0 Å². The van der Waals surface area contributed by atoms with Gasteiger partial charge < -0.3 is 62.7 Å². The van der Waals surface area contributed by atoms with Gasteiger partial charge in [-0.3, -0.25) is 67.3 Å². The summed E-state index contributed by atoms with van der Waals surface area (Å²) >= 11 is 3.24. The summed E-state index contributed by atoms with van der Waals surface area (Å²) in [6, 6.07) is 36.3. The Kier molecular flexibility index (Phi) is 53.7. The molecule has 0 fully saturated rings. The number of sulfonamides is 1. The minimum absolute atomic E-state index is 0.00855. The lowest BCUT2D eigenvalue weighted by Gasteiger charge is -2.32. The maximum atomic E-state index is 13.6. The number of ether oxygens (including phenoxy) is 1. The molecule has 0 bridgehead atoms. The second-order valence-electron chi connectivity index (χ2n) is 38.9. The number of anilines is 1. The molecule has 0 aliphatic rings. The number of pyridine rings is 2. The van der Waals surface area contributed by atoms with Gasteiger partial charge in [0.05, 0.1) is 32.8 Å². The number of amides is 9. The van der Waals surface area contributed by atoms with Crippen molar-refractivity contribution in [3.8, 4) is 0 Å². The number of thioether (sulfide) groups is 1. The van der Waals surface area contributed by atoms with Crippen molar-refractivity contribution < 1.29 is 80.6 Å². The van der Waals surface area contributed by atoms with E-state index in [1.54, 1.807) is 124 Å². The largest absolute Gasteiger partial charge is 0.383 e. The summed E-state index contributed by atoms with van der Waals surface area (Å²) in [4.78, 5) is 175. The number of carbonyl (C=O) groups is 13. The van der Waals surface area contributed by atoms with E-state index in [2.05, 4.69) is 76.7 Å². The van der Waals surface area contributed by atoms with Crippen molar-refractivity contribution in [1.29, 1.82) is 0 Å². The van der Waals surface area contributed by atoms with E-state index in [1.165, 1.54) is 39.6 Å². The van der Waals surface area contributed by atoms with E-state index < -0.39 is 92.4 Å². The Morgan fingerprint density at radius 1 is 0.478 bits per heavy atom. The van der Waals surface area contributed by atoms with Gasteiger partial charge in [-0.15, -0.1) is 23.1 Å². The van der Waals surface area contributed by atoms with Gasteiger partial charge in [-0.1, -0.05) is 195 Å². The van der Waals surface area contributed by atoms with E-state index in [0.29, 0.717) is 56.0 Å². The Hall–Kier alpha value is -10.7. The van der Waals surface area contributed by atoms with Crippen molar-refractivity contribution in [3.63, 3.8) is 0 Å². The smallest absolute Gasteiger partial charge is 0.249 e. The molecule has 7 aromatic rings. The predicted octanol–water partition coefficient (Wildman–Crippen LogP) is 13.8. The van der Waals surface area contributed by atoms with Crippen molar-refractivity contribution in [2.75, 3.05) is 74.6 Å². The van der Waals surface area contributed by atoms with Crippen LogP contribution in [0.4, 0.5) is 5.82 Å². The first-order valence-electron chi connectivity index (χ1n) is 47.4. The van der Waals surface area contributed by atoms with Gasteiger partial charge in [0.2, 0.25) is 63.2 Å². The normalized spacial score (nSPS) is 14.1. The average Bonchev–Trinajstić information content (AvgIpc) is 1.20. The number of aromatic nitrogens is 3. The van der Waals surface area contributed by atoms with Crippen molar-refractivity contribution >= 4 is 126 Å². The van der Waals surface area contributed by atoms with Crippen LogP contribution in [0.2, 0.25) is 0 Å². The second-order valence-corrected chi connectivity index (χ2v) is 43.1. The number of methoxy groups -OCH3 is 1. The molecule has 0 radical (unpaired) electrons. The molecule has 138 heavy (non-hydrogen) atoms. The summed E-state index contributed by atoms with van der Waals surface area (Å²) in [5.41, 5.74) is 3.89. The van der Waals surface area contributed by atoms with Gasteiger partial charge >= 0.3 is 0 Å². The zero-order valence-electron chi connectivity index (χ0n) is 86.0. The molecule has 33 heteroatoms. The summed E-state index contributed by atoms with van der Waals surface area (Å²) in [6.07, 6.45) is 8.06. The average molecular weight is 1970 g/mol. The van der Waals surface area contributed by atoms with Crippen molar-refractivity contribution in [2.24, 2.45) is 93.7 Å². The van der Waals surface area contributed by atoms with Crippen LogP contribution >= 0.6 is 23.1 Å². The lowest BCUT2D eigenvalue weighted by atomic mass is 9.74. The van der Waals surface area contributed by atoms with Crippen LogP contribution in [0, 0.1) is 101 Å². The molecule has 762 valence electrons. The van der Waals surface area contributed by atoms with Crippen LogP contribution in [-0.4, -0.2) is 197 Å². The first kappa shape index (κ1) is 121. The Balaban J connectivity index is 0.000000446. The molecule has 30 nitrogen and oxygen atoms in total. The van der Waals surface area contributed by atoms with Crippen LogP contribution in [0.1, 0.15) is 191 Å². The van der Waals surface area contributed by atoms with E-state index in [1.807, 2.05) is 182 Å². The lowest BCUT2D eigenvalue weighted by molar-refractivity contribution is -0.143. The number of aliphatic hydroxyl groups is 1. The molecule has 0 spiro atoms. The standard InChI is InChI=1S/C25H34N2O3S2.C22H35N3O4.C22H31N3O3.C19H25N3O3S.C17H32N2O4/c1-17(2)13-20(21(25(30)27-4)16-32-23-11-8-12-31-23)22(28)15-19(24(29)26-3)14-18-9-6-5-7-10-18;1-14(2)12-15(19(29-7)21(28)23-6)17(26)13-16(22(3,4)5)20(27)25-18-10-8-9-11-24-18;1-14(2)9-15(12-21(27)23-3)20(26)11-16(22(28)24-4)10-17-13-25-19-8-6-5-7-18(17)19;1-14(2)18(19(23)20-4)22(13-16-6-5-11-21-12-16)26(24,25)17-9-7-15(3)8-10-17;1-10(2)8-11(14(21)16(23)19-7)13(20)9-12(15(22)18-6)17(3,4)5/h5-12,17,19-21H,13-16H2,1-4H3,(H,26,29)(H,27,30);8-11,14-16,19H,12-13H2,1-7H3,(H,23,28)(H,24,25,27);5-8,13-16,25H,9-12H2,1-4H3,(H,23,27)(H,24,28);5-12,14,18H,13H2,1-4H3,(H,20,23);10-12,14,21H,8-9H2,1-7H3,(H,18,22)(H,19,23)/t19-,20-,21+;15-,16+,19-;15-,16-;18-;11-,12+,14-/m10110/s1. The second kappa shape index (κ2) is 61.0. The SMILES string of the molecule is CNC(=O)C[C@@H](CC(C)C)C(=O)C[C@@H](Cc1c[nH]c2ccccc12)C(=O)NC.CNC(=O)[C@@H](C(C)C)N(Cc1cccnc1)S(=O)(=O)c1ccc(C)cc1.CNC(=O)[C@@H](CC(=O)[C@H](CC(C)C)[C@H](CSc1cccs1)C(=O)NC)Cc1ccccc1.CNC(=O)[C@@H](O)[C@@H](CC(C)C)C(=O)C[C@H](C(=O)NC)C(C)(C)C.CNC(=O)[C@@H](OC)[C@@H](CC(C)C)C(=O)C[C@H](C(=O)Nc1ccccn1)C(C)(C)C. The fraction of sp³-hybridized carbons (Fsp3) is 0.552. The van der Waals surface area contributed by atoms with E-state index in [0.717, 1.165) is 37.4 Å². The Morgan fingerprint density at radius 2 is 0.978 bits per heavy atom. The zero-order chi connectivity index (χ0) is 104. The van der Waals surface area contributed by atoms with Gasteiger partial charge in [-0.05, 0) is 150 Å². The quantitative estimate of drug-likeness (QED) is 0.0158. The molecule has 4 heterocycles. The number of nitrogens with zero attached hydrogens (tertiary/aromatic N) is 3.